The first-order valence-corrected chi connectivity index (χ1v) is 8.68. The molecule has 1 aliphatic rings. The largest absolute Gasteiger partial charge is 0.390 e. The van der Waals surface area contributed by atoms with E-state index < -0.39 is 15.4 Å². The first-order valence-electron chi connectivity index (χ1n) is 6.62. The van der Waals surface area contributed by atoms with Gasteiger partial charge in [0.05, 0.1) is 11.4 Å². The third-order valence-electron chi connectivity index (χ3n) is 4.08. The predicted octanol–water partition coefficient (Wildman–Crippen LogP) is 2.39. The van der Waals surface area contributed by atoms with Crippen LogP contribution in [-0.2, 0) is 9.84 Å². The predicted molar refractivity (Wildman–Crippen MR) is 70.7 cm³/mol. The molecule has 0 aromatic heterocycles. The molecule has 0 saturated heterocycles. The molecule has 0 heterocycles. The third-order valence-corrected chi connectivity index (χ3v) is 5.02. The van der Waals surface area contributed by atoms with E-state index in [1.807, 2.05) is 0 Å². The standard InChI is InChI=1S/C13H26O3S/c1-11(2)12-5-4-7-13(14,8-6-12)9-10-17(3,15)16/h11-12,14H,4-10H2,1-3H3. The Balaban J connectivity index is 2.54. The first kappa shape index (κ1) is 15.0. The highest BCUT2D eigenvalue weighted by Crippen LogP contribution is 2.35. The lowest BCUT2D eigenvalue weighted by Gasteiger charge is -2.26. The van der Waals surface area contributed by atoms with Gasteiger partial charge in [-0.15, -0.1) is 0 Å². The minimum absolute atomic E-state index is 0.107. The van der Waals surface area contributed by atoms with Crippen molar-refractivity contribution in [3.05, 3.63) is 0 Å². The number of aliphatic hydroxyl groups is 1. The van der Waals surface area contributed by atoms with E-state index in [4.69, 9.17) is 0 Å². The Labute approximate surface area is 106 Å². The molecule has 1 N–H and O–H groups in total. The second-order valence-corrected chi connectivity index (χ2v) is 8.30. The normalized spacial score (nSPS) is 31.5. The Morgan fingerprint density at radius 3 is 2.47 bits per heavy atom. The van der Waals surface area contributed by atoms with Gasteiger partial charge in [0.15, 0.2) is 0 Å². The van der Waals surface area contributed by atoms with Crippen LogP contribution >= 0.6 is 0 Å². The second-order valence-electron chi connectivity index (χ2n) is 6.04. The van der Waals surface area contributed by atoms with Gasteiger partial charge in [-0.2, -0.15) is 0 Å². The summed E-state index contributed by atoms with van der Waals surface area (Å²) in [6.07, 6.45) is 6.36. The van der Waals surface area contributed by atoms with E-state index in [-0.39, 0.29) is 5.75 Å². The van der Waals surface area contributed by atoms with Crippen LogP contribution in [0.1, 0.15) is 52.4 Å². The van der Waals surface area contributed by atoms with E-state index in [9.17, 15) is 13.5 Å². The van der Waals surface area contributed by atoms with Crippen molar-refractivity contribution in [3.8, 4) is 0 Å². The molecule has 0 aliphatic heterocycles. The minimum atomic E-state index is -2.96. The molecule has 2 atom stereocenters. The number of sulfone groups is 1. The zero-order valence-electron chi connectivity index (χ0n) is 11.3. The van der Waals surface area contributed by atoms with Gasteiger partial charge in [-0.1, -0.05) is 26.7 Å². The maximum absolute atomic E-state index is 11.2. The molecule has 4 heteroatoms. The van der Waals surface area contributed by atoms with Crippen molar-refractivity contribution >= 4 is 9.84 Å². The number of rotatable bonds is 4. The van der Waals surface area contributed by atoms with E-state index in [1.54, 1.807) is 0 Å². The lowest BCUT2D eigenvalue weighted by Crippen LogP contribution is -2.30. The topological polar surface area (TPSA) is 54.4 Å². The van der Waals surface area contributed by atoms with Crippen molar-refractivity contribution in [1.82, 2.24) is 0 Å². The van der Waals surface area contributed by atoms with Crippen molar-refractivity contribution in [3.63, 3.8) is 0 Å². The van der Waals surface area contributed by atoms with Crippen LogP contribution in [0.25, 0.3) is 0 Å². The molecule has 0 spiro atoms. The molecule has 0 bridgehead atoms. The molecule has 0 aromatic rings. The average molecular weight is 262 g/mol. The van der Waals surface area contributed by atoms with Crippen LogP contribution in [-0.4, -0.2) is 31.1 Å². The molecule has 1 aliphatic carbocycles. The number of hydrogen-bond donors (Lipinski definition) is 1. The second kappa shape index (κ2) is 5.70. The summed E-state index contributed by atoms with van der Waals surface area (Å²) in [5, 5.41) is 10.4. The summed E-state index contributed by atoms with van der Waals surface area (Å²) in [6.45, 7) is 4.46. The molecule has 0 radical (unpaired) electrons. The van der Waals surface area contributed by atoms with Crippen molar-refractivity contribution in [2.24, 2.45) is 11.8 Å². The lowest BCUT2D eigenvalue weighted by atomic mass is 9.87. The van der Waals surface area contributed by atoms with Gasteiger partial charge in [-0.05, 0) is 37.5 Å². The Morgan fingerprint density at radius 2 is 1.94 bits per heavy atom. The highest BCUT2D eigenvalue weighted by molar-refractivity contribution is 7.90. The monoisotopic (exact) mass is 262 g/mol. The van der Waals surface area contributed by atoms with Gasteiger partial charge < -0.3 is 5.11 Å². The van der Waals surface area contributed by atoms with Crippen molar-refractivity contribution in [1.29, 1.82) is 0 Å². The average Bonchev–Trinajstić information content (AvgIpc) is 2.37. The van der Waals surface area contributed by atoms with Crippen molar-refractivity contribution in [2.45, 2.75) is 58.0 Å². The molecule has 0 amide bonds. The van der Waals surface area contributed by atoms with E-state index in [0.717, 1.165) is 25.7 Å². The Hall–Kier alpha value is -0.0900. The highest BCUT2D eigenvalue weighted by Gasteiger charge is 2.32. The van der Waals surface area contributed by atoms with Gasteiger partial charge in [0.25, 0.3) is 0 Å². The van der Waals surface area contributed by atoms with Gasteiger partial charge in [-0.3, -0.25) is 0 Å². The molecule has 102 valence electrons. The molecule has 0 aromatic carbocycles. The van der Waals surface area contributed by atoms with E-state index in [0.29, 0.717) is 18.3 Å². The van der Waals surface area contributed by atoms with Crippen LogP contribution in [0.4, 0.5) is 0 Å². The van der Waals surface area contributed by atoms with Gasteiger partial charge >= 0.3 is 0 Å². The van der Waals surface area contributed by atoms with Crippen LogP contribution < -0.4 is 0 Å². The fourth-order valence-electron chi connectivity index (χ4n) is 2.71. The Morgan fingerprint density at radius 1 is 1.29 bits per heavy atom. The van der Waals surface area contributed by atoms with E-state index in [1.165, 1.54) is 12.7 Å². The van der Waals surface area contributed by atoms with E-state index in [2.05, 4.69) is 13.8 Å². The van der Waals surface area contributed by atoms with Crippen molar-refractivity contribution < 1.29 is 13.5 Å². The summed E-state index contributed by atoms with van der Waals surface area (Å²) in [5.74, 6) is 1.45. The fourth-order valence-corrected chi connectivity index (χ4v) is 3.46. The first-order chi connectivity index (χ1) is 7.72. The number of hydrogen-bond acceptors (Lipinski definition) is 3. The zero-order chi connectivity index (χ0) is 13.1. The van der Waals surface area contributed by atoms with Crippen LogP contribution in [0.2, 0.25) is 0 Å². The highest BCUT2D eigenvalue weighted by atomic mass is 32.2. The van der Waals surface area contributed by atoms with Crippen LogP contribution in [0.5, 0.6) is 0 Å². The molecular weight excluding hydrogens is 236 g/mol. The summed E-state index contributed by atoms with van der Waals surface area (Å²) in [4.78, 5) is 0. The fraction of sp³-hybridized carbons (Fsp3) is 1.00. The summed E-state index contributed by atoms with van der Waals surface area (Å²) in [6, 6.07) is 0. The maximum Gasteiger partial charge on any atom is 0.147 e. The molecular formula is C13H26O3S. The summed E-state index contributed by atoms with van der Waals surface area (Å²) < 4.78 is 22.3. The molecule has 2 unspecified atom stereocenters. The van der Waals surface area contributed by atoms with Crippen LogP contribution in [0.3, 0.4) is 0 Å². The quantitative estimate of drug-likeness (QED) is 0.791. The summed E-state index contributed by atoms with van der Waals surface area (Å²) >= 11 is 0. The van der Waals surface area contributed by atoms with Gasteiger partial charge in [0, 0.05) is 6.26 Å². The maximum atomic E-state index is 11.2. The van der Waals surface area contributed by atoms with Gasteiger partial charge in [-0.25, -0.2) is 8.42 Å². The summed E-state index contributed by atoms with van der Waals surface area (Å²) in [5.41, 5.74) is -0.743. The molecule has 1 saturated carbocycles. The Kier molecular flexibility index (Phi) is 5.02. The van der Waals surface area contributed by atoms with E-state index >= 15 is 0 Å². The lowest BCUT2D eigenvalue weighted by molar-refractivity contribution is 0.0204. The molecule has 1 rings (SSSR count). The van der Waals surface area contributed by atoms with Gasteiger partial charge in [0.2, 0.25) is 0 Å². The molecule has 17 heavy (non-hydrogen) atoms. The van der Waals surface area contributed by atoms with Crippen LogP contribution in [0, 0.1) is 11.8 Å². The SMILES string of the molecule is CC(C)C1CCCC(O)(CCS(C)(=O)=O)CC1. The minimum Gasteiger partial charge on any atom is -0.390 e. The summed E-state index contributed by atoms with van der Waals surface area (Å²) in [7, 11) is -2.96. The molecule has 3 nitrogen and oxygen atoms in total. The zero-order valence-corrected chi connectivity index (χ0v) is 12.1. The molecule has 1 fully saturated rings. The third kappa shape index (κ3) is 5.38. The smallest absolute Gasteiger partial charge is 0.147 e. The Bertz CT molecular complexity index is 335. The van der Waals surface area contributed by atoms with Gasteiger partial charge in [0.1, 0.15) is 9.84 Å². The van der Waals surface area contributed by atoms with Crippen LogP contribution in [0.15, 0.2) is 0 Å². The van der Waals surface area contributed by atoms with Crippen molar-refractivity contribution in [2.75, 3.05) is 12.0 Å².